The highest BCUT2D eigenvalue weighted by Gasteiger charge is 2.23. The summed E-state index contributed by atoms with van der Waals surface area (Å²) in [5, 5.41) is 0. The lowest BCUT2D eigenvalue weighted by Crippen LogP contribution is -2.44. The molecule has 0 amide bonds. The van der Waals surface area contributed by atoms with Crippen LogP contribution in [-0.4, -0.2) is 40.0 Å². The molecule has 0 heterocycles. The smallest absolute Gasteiger partial charge is 0.240 e. The number of nitrogens with one attached hydrogen (secondary N) is 1. The number of rotatable bonds is 7. The van der Waals surface area contributed by atoms with Crippen molar-refractivity contribution in [3.8, 4) is 0 Å². The van der Waals surface area contributed by atoms with Crippen molar-refractivity contribution in [2.75, 3.05) is 20.6 Å². The molecule has 0 bridgehead atoms. The van der Waals surface area contributed by atoms with E-state index in [9.17, 15) is 8.42 Å². The quantitative estimate of drug-likeness (QED) is 0.801. The van der Waals surface area contributed by atoms with Gasteiger partial charge in [-0.25, -0.2) is 13.1 Å². The Morgan fingerprint density at radius 2 is 1.86 bits per heavy atom. The zero-order chi connectivity index (χ0) is 16.2. The van der Waals surface area contributed by atoms with Gasteiger partial charge in [-0.1, -0.05) is 26.0 Å². The molecule has 2 unspecified atom stereocenters. The third kappa shape index (κ3) is 5.39. The van der Waals surface area contributed by atoms with Crippen molar-refractivity contribution < 1.29 is 8.42 Å². The predicted molar refractivity (Wildman–Crippen MR) is 86.5 cm³/mol. The van der Waals surface area contributed by atoms with Gasteiger partial charge in [-0.15, -0.1) is 0 Å². The van der Waals surface area contributed by atoms with Gasteiger partial charge in [-0.2, -0.15) is 0 Å². The molecule has 21 heavy (non-hydrogen) atoms. The second kappa shape index (κ2) is 7.35. The van der Waals surface area contributed by atoms with E-state index in [0.717, 1.165) is 5.56 Å². The molecule has 120 valence electrons. The van der Waals surface area contributed by atoms with Crippen LogP contribution in [0.4, 0.5) is 0 Å². The minimum Gasteiger partial charge on any atom is -0.324 e. The van der Waals surface area contributed by atoms with Crippen LogP contribution < -0.4 is 10.5 Å². The van der Waals surface area contributed by atoms with Crippen molar-refractivity contribution in [2.24, 2.45) is 11.7 Å². The SMILES string of the molecule is CC(N)c1cccc(S(=O)(=O)NC(CN(C)C)C(C)C)c1. The predicted octanol–water partition coefficient (Wildman–Crippen LogP) is 1.57. The topological polar surface area (TPSA) is 75.4 Å². The fourth-order valence-corrected chi connectivity index (χ4v) is 3.44. The summed E-state index contributed by atoms with van der Waals surface area (Å²) >= 11 is 0. The molecule has 0 aliphatic rings. The van der Waals surface area contributed by atoms with E-state index >= 15 is 0 Å². The van der Waals surface area contributed by atoms with Crippen molar-refractivity contribution in [2.45, 2.75) is 37.8 Å². The van der Waals surface area contributed by atoms with Crippen LogP contribution in [0, 0.1) is 5.92 Å². The number of likely N-dealkylation sites (N-methyl/N-ethyl adjacent to an activating group) is 1. The molecule has 0 radical (unpaired) electrons. The molecule has 0 saturated carbocycles. The first-order chi connectivity index (χ1) is 9.63. The number of hydrogen-bond acceptors (Lipinski definition) is 4. The summed E-state index contributed by atoms with van der Waals surface area (Å²) < 4.78 is 27.9. The molecule has 0 aliphatic carbocycles. The maximum absolute atomic E-state index is 12.5. The number of benzene rings is 1. The first kappa shape index (κ1) is 18.1. The highest BCUT2D eigenvalue weighted by molar-refractivity contribution is 7.89. The van der Waals surface area contributed by atoms with Gasteiger partial charge < -0.3 is 10.6 Å². The van der Waals surface area contributed by atoms with E-state index in [2.05, 4.69) is 4.72 Å². The average Bonchev–Trinajstić information content (AvgIpc) is 2.37. The van der Waals surface area contributed by atoms with Gasteiger partial charge in [0.1, 0.15) is 0 Å². The van der Waals surface area contributed by atoms with E-state index in [4.69, 9.17) is 5.73 Å². The largest absolute Gasteiger partial charge is 0.324 e. The summed E-state index contributed by atoms with van der Waals surface area (Å²) in [6, 6.07) is 6.47. The van der Waals surface area contributed by atoms with Crippen LogP contribution >= 0.6 is 0 Å². The van der Waals surface area contributed by atoms with Crippen molar-refractivity contribution >= 4 is 10.0 Å². The van der Waals surface area contributed by atoms with Gasteiger partial charge in [0.05, 0.1) is 4.90 Å². The highest BCUT2D eigenvalue weighted by atomic mass is 32.2. The fourth-order valence-electron chi connectivity index (χ4n) is 2.01. The molecular formula is C15H27N3O2S. The second-order valence-corrected chi connectivity index (χ2v) is 7.81. The van der Waals surface area contributed by atoms with Crippen molar-refractivity contribution in [3.63, 3.8) is 0 Å². The van der Waals surface area contributed by atoms with Gasteiger partial charge in [-0.3, -0.25) is 0 Å². The number of nitrogens with two attached hydrogens (primary N) is 1. The Kier molecular flexibility index (Phi) is 6.34. The molecule has 1 aromatic carbocycles. The van der Waals surface area contributed by atoms with Crippen molar-refractivity contribution in [1.82, 2.24) is 9.62 Å². The standard InChI is InChI=1S/C15H27N3O2S/c1-11(2)15(10-18(4)5)17-21(19,20)14-8-6-7-13(9-14)12(3)16/h6-9,11-12,15,17H,10,16H2,1-5H3. The van der Waals surface area contributed by atoms with Gasteiger partial charge in [0.2, 0.25) is 10.0 Å². The normalized spacial score (nSPS) is 15.4. The third-order valence-corrected chi connectivity index (χ3v) is 4.85. The van der Waals surface area contributed by atoms with Crippen molar-refractivity contribution in [3.05, 3.63) is 29.8 Å². The van der Waals surface area contributed by atoms with Crippen LogP contribution in [0.2, 0.25) is 0 Å². The Morgan fingerprint density at radius 3 is 2.33 bits per heavy atom. The molecule has 0 spiro atoms. The lowest BCUT2D eigenvalue weighted by molar-refractivity contribution is 0.314. The van der Waals surface area contributed by atoms with Crippen LogP contribution in [0.15, 0.2) is 29.2 Å². The summed E-state index contributed by atoms with van der Waals surface area (Å²) in [5.41, 5.74) is 6.63. The molecule has 6 heteroatoms. The molecule has 0 fully saturated rings. The lowest BCUT2D eigenvalue weighted by Gasteiger charge is -2.25. The molecule has 3 N–H and O–H groups in total. The van der Waals surface area contributed by atoms with Gasteiger partial charge in [0.25, 0.3) is 0 Å². The van der Waals surface area contributed by atoms with Gasteiger partial charge >= 0.3 is 0 Å². The summed E-state index contributed by atoms with van der Waals surface area (Å²) in [7, 11) is 0.324. The van der Waals surface area contributed by atoms with Crippen LogP contribution in [0.1, 0.15) is 32.4 Å². The fraction of sp³-hybridized carbons (Fsp3) is 0.600. The maximum Gasteiger partial charge on any atom is 0.240 e. The van der Waals surface area contributed by atoms with E-state index < -0.39 is 10.0 Å². The molecule has 1 rings (SSSR count). The molecule has 2 atom stereocenters. The third-order valence-electron chi connectivity index (χ3n) is 3.37. The van der Waals surface area contributed by atoms with E-state index in [1.54, 1.807) is 18.2 Å². The highest BCUT2D eigenvalue weighted by Crippen LogP contribution is 2.17. The summed E-state index contributed by atoms with van der Waals surface area (Å²) in [6.45, 7) is 6.51. The van der Waals surface area contributed by atoms with E-state index in [1.807, 2.05) is 45.8 Å². The summed E-state index contributed by atoms with van der Waals surface area (Å²) in [6.07, 6.45) is 0. The van der Waals surface area contributed by atoms with Gasteiger partial charge in [-0.05, 0) is 44.6 Å². The maximum atomic E-state index is 12.5. The Labute approximate surface area is 128 Å². The van der Waals surface area contributed by atoms with Gasteiger partial charge in [0.15, 0.2) is 0 Å². The van der Waals surface area contributed by atoms with Crippen LogP contribution in [-0.2, 0) is 10.0 Å². The average molecular weight is 313 g/mol. The summed E-state index contributed by atoms with van der Waals surface area (Å²) in [4.78, 5) is 2.24. The Morgan fingerprint density at radius 1 is 1.24 bits per heavy atom. The zero-order valence-electron chi connectivity index (χ0n) is 13.5. The second-order valence-electron chi connectivity index (χ2n) is 6.10. The minimum atomic E-state index is -3.54. The first-order valence-corrected chi connectivity index (χ1v) is 8.64. The molecule has 5 nitrogen and oxygen atoms in total. The zero-order valence-corrected chi connectivity index (χ0v) is 14.3. The van der Waals surface area contributed by atoms with Crippen molar-refractivity contribution in [1.29, 1.82) is 0 Å². The molecule has 1 aromatic rings. The number of nitrogens with zero attached hydrogens (tertiary/aromatic N) is 1. The van der Waals surface area contributed by atoms with E-state index in [1.165, 1.54) is 0 Å². The first-order valence-electron chi connectivity index (χ1n) is 7.16. The van der Waals surface area contributed by atoms with Crippen LogP contribution in [0.3, 0.4) is 0 Å². The Balaban J connectivity index is 3.01. The monoisotopic (exact) mass is 313 g/mol. The van der Waals surface area contributed by atoms with E-state index in [0.29, 0.717) is 6.54 Å². The Hall–Kier alpha value is -0.950. The van der Waals surface area contributed by atoms with Crippen LogP contribution in [0.5, 0.6) is 0 Å². The molecule has 0 saturated heterocycles. The van der Waals surface area contributed by atoms with E-state index in [-0.39, 0.29) is 22.9 Å². The number of hydrogen-bond donors (Lipinski definition) is 2. The minimum absolute atomic E-state index is 0.135. The summed E-state index contributed by atoms with van der Waals surface area (Å²) in [5.74, 6) is 0.207. The molecular weight excluding hydrogens is 286 g/mol. The number of sulfonamides is 1. The molecule has 0 aliphatic heterocycles. The van der Waals surface area contributed by atoms with Gasteiger partial charge in [0, 0.05) is 18.6 Å². The van der Waals surface area contributed by atoms with Crippen LogP contribution in [0.25, 0.3) is 0 Å². The molecule has 0 aromatic heterocycles. The lowest BCUT2D eigenvalue weighted by atomic mass is 10.1. The Bertz CT molecular complexity index is 554.